The van der Waals surface area contributed by atoms with E-state index in [1.807, 2.05) is 24.3 Å². The van der Waals surface area contributed by atoms with Crippen LogP contribution in [0.2, 0.25) is 0 Å². The predicted octanol–water partition coefficient (Wildman–Crippen LogP) is 4.25. The van der Waals surface area contributed by atoms with Crippen LogP contribution in [-0.4, -0.2) is 34.0 Å². The SMILES string of the molecule is Nc1nc(COC(=O)C2CCN(c3nc4ccccc4o3)CC2)nc2sc3c(c12)CCCC3. The number of ether oxygens (including phenoxy) is 1. The molecule has 170 valence electrons. The summed E-state index contributed by atoms with van der Waals surface area (Å²) < 4.78 is 11.4. The number of benzene rings is 1. The van der Waals surface area contributed by atoms with E-state index in [4.69, 9.17) is 14.9 Å². The highest BCUT2D eigenvalue weighted by atomic mass is 32.1. The van der Waals surface area contributed by atoms with Crippen LogP contribution in [0, 0.1) is 5.92 Å². The maximum Gasteiger partial charge on any atom is 0.309 e. The molecule has 0 spiro atoms. The summed E-state index contributed by atoms with van der Waals surface area (Å²) in [6.45, 7) is 1.44. The quantitative estimate of drug-likeness (QED) is 0.448. The Kier molecular flexibility index (Phi) is 5.13. The van der Waals surface area contributed by atoms with Gasteiger partial charge in [0.2, 0.25) is 0 Å². The average molecular weight is 464 g/mol. The van der Waals surface area contributed by atoms with Gasteiger partial charge in [-0.15, -0.1) is 11.3 Å². The summed E-state index contributed by atoms with van der Waals surface area (Å²) in [7, 11) is 0. The maximum absolute atomic E-state index is 12.7. The van der Waals surface area contributed by atoms with Crippen molar-refractivity contribution in [3.8, 4) is 0 Å². The molecule has 2 N–H and O–H groups in total. The molecule has 8 nitrogen and oxygen atoms in total. The lowest BCUT2D eigenvalue weighted by Gasteiger charge is -2.29. The fraction of sp³-hybridized carbons (Fsp3) is 0.417. The average Bonchev–Trinajstić information content (AvgIpc) is 3.44. The number of carbonyl (C=O) groups excluding carboxylic acids is 1. The number of aromatic nitrogens is 3. The number of piperidine rings is 1. The van der Waals surface area contributed by atoms with Gasteiger partial charge in [0.05, 0.1) is 11.3 Å². The van der Waals surface area contributed by atoms with Gasteiger partial charge in [-0.1, -0.05) is 12.1 Å². The zero-order chi connectivity index (χ0) is 22.4. The highest BCUT2D eigenvalue weighted by molar-refractivity contribution is 7.19. The number of aryl methyl sites for hydroxylation is 2. The molecule has 4 aromatic rings. The molecule has 4 heterocycles. The Morgan fingerprint density at radius 1 is 1.15 bits per heavy atom. The van der Waals surface area contributed by atoms with Crippen LogP contribution in [0.1, 0.15) is 41.9 Å². The molecule has 1 aliphatic heterocycles. The van der Waals surface area contributed by atoms with E-state index in [1.54, 1.807) is 11.3 Å². The van der Waals surface area contributed by atoms with Crippen LogP contribution in [0.15, 0.2) is 28.7 Å². The minimum absolute atomic E-state index is 0.0485. The second-order valence-electron chi connectivity index (χ2n) is 8.75. The van der Waals surface area contributed by atoms with Crippen LogP contribution in [0.25, 0.3) is 21.3 Å². The molecule has 0 amide bonds. The number of thiophene rings is 1. The second kappa shape index (κ2) is 8.30. The molecule has 9 heteroatoms. The third-order valence-electron chi connectivity index (χ3n) is 6.61. The van der Waals surface area contributed by atoms with Gasteiger partial charge in [0.15, 0.2) is 18.0 Å². The fourth-order valence-electron chi connectivity index (χ4n) is 4.85. The van der Waals surface area contributed by atoms with Crippen molar-refractivity contribution in [3.05, 3.63) is 40.5 Å². The predicted molar refractivity (Wildman–Crippen MR) is 127 cm³/mol. The zero-order valence-electron chi connectivity index (χ0n) is 18.2. The maximum atomic E-state index is 12.7. The van der Waals surface area contributed by atoms with Gasteiger partial charge in [-0.05, 0) is 56.2 Å². The molecule has 1 fully saturated rings. The summed E-state index contributed by atoms with van der Waals surface area (Å²) in [6.07, 6.45) is 5.90. The first kappa shape index (κ1) is 20.4. The topological polar surface area (TPSA) is 107 Å². The lowest BCUT2D eigenvalue weighted by molar-refractivity contribution is -0.150. The Morgan fingerprint density at radius 2 is 1.97 bits per heavy atom. The zero-order valence-corrected chi connectivity index (χ0v) is 19.1. The Labute approximate surface area is 194 Å². The van der Waals surface area contributed by atoms with Crippen molar-refractivity contribution in [2.45, 2.75) is 45.1 Å². The van der Waals surface area contributed by atoms with Gasteiger partial charge in [0, 0.05) is 18.0 Å². The molecule has 1 aliphatic carbocycles. The van der Waals surface area contributed by atoms with Crippen molar-refractivity contribution >= 4 is 50.5 Å². The summed E-state index contributed by atoms with van der Waals surface area (Å²) in [5.74, 6) is 0.605. The molecule has 0 atom stereocenters. The van der Waals surface area contributed by atoms with E-state index in [1.165, 1.54) is 23.3 Å². The lowest BCUT2D eigenvalue weighted by atomic mass is 9.97. The molecule has 0 radical (unpaired) electrons. The van der Waals surface area contributed by atoms with Crippen LogP contribution in [0.3, 0.4) is 0 Å². The van der Waals surface area contributed by atoms with Gasteiger partial charge < -0.3 is 19.8 Å². The van der Waals surface area contributed by atoms with E-state index in [9.17, 15) is 4.79 Å². The Morgan fingerprint density at radius 3 is 2.82 bits per heavy atom. The minimum atomic E-state index is -0.208. The first-order valence-electron chi connectivity index (χ1n) is 11.5. The number of oxazole rings is 1. The second-order valence-corrected chi connectivity index (χ2v) is 9.83. The first-order valence-corrected chi connectivity index (χ1v) is 12.3. The summed E-state index contributed by atoms with van der Waals surface area (Å²) in [4.78, 5) is 30.7. The van der Waals surface area contributed by atoms with Gasteiger partial charge in [0.1, 0.15) is 16.2 Å². The number of nitrogens with zero attached hydrogens (tertiary/aromatic N) is 4. The summed E-state index contributed by atoms with van der Waals surface area (Å²) in [5.41, 5.74) is 9.20. The standard InChI is InChI=1S/C24H25N5O3S/c25-21-20-15-5-1-4-8-18(15)33-22(20)28-19(27-21)13-31-23(30)14-9-11-29(12-10-14)24-26-16-6-2-3-7-17(16)32-24/h2-3,6-7,14H,1,4-5,8-13H2,(H2,25,27,28). The molecule has 1 saturated heterocycles. The first-order chi connectivity index (χ1) is 16.2. The lowest BCUT2D eigenvalue weighted by Crippen LogP contribution is -2.37. The van der Waals surface area contributed by atoms with Crippen LogP contribution in [0.5, 0.6) is 0 Å². The van der Waals surface area contributed by atoms with Gasteiger partial charge in [-0.3, -0.25) is 4.79 Å². The van der Waals surface area contributed by atoms with Gasteiger partial charge in [0.25, 0.3) is 6.01 Å². The van der Waals surface area contributed by atoms with Gasteiger partial charge >= 0.3 is 5.97 Å². The van der Waals surface area contributed by atoms with Gasteiger partial charge in [-0.2, -0.15) is 4.98 Å². The number of esters is 1. The van der Waals surface area contributed by atoms with Gasteiger partial charge in [-0.25, -0.2) is 9.97 Å². The summed E-state index contributed by atoms with van der Waals surface area (Å²) >= 11 is 1.70. The number of carbonyl (C=O) groups is 1. The van der Waals surface area contributed by atoms with Crippen molar-refractivity contribution in [2.24, 2.45) is 5.92 Å². The number of anilines is 2. The monoisotopic (exact) mass is 463 g/mol. The molecule has 1 aromatic carbocycles. The molecule has 0 bridgehead atoms. The van der Waals surface area contributed by atoms with E-state index in [0.29, 0.717) is 43.6 Å². The Hall–Kier alpha value is -3.20. The number of nitrogens with two attached hydrogens (primary N) is 1. The third kappa shape index (κ3) is 3.80. The fourth-order valence-corrected chi connectivity index (χ4v) is 6.14. The molecule has 33 heavy (non-hydrogen) atoms. The number of hydrogen-bond donors (Lipinski definition) is 1. The summed E-state index contributed by atoms with van der Waals surface area (Å²) in [5, 5.41) is 0.997. The number of rotatable bonds is 4. The normalized spacial score (nSPS) is 16.9. The number of fused-ring (bicyclic) bond motifs is 4. The van der Waals surface area contributed by atoms with E-state index in [-0.39, 0.29) is 18.5 Å². The van der Waals surface area contributed by atoms with Crippen LogP contribution in [0.4, 0.5) is 11.8 Å². The molecule has 3 aromatic heterocycles. The van der Waals surface area contributed by atoms with Crippen molar-refractivity contribution in [1.29, 1.82) is 0 Å². The molecular formula is C24H25N5O3S. The largest absolute Gasteiger partial charge is 0.457 e. The Balaban J connectivity index is 1.08. The molecule has 0 unspecified atom stereocenters. The summed E-state index contributed by atoms with van der Waals surface area (Å²) in [6, 6.07) is 8.33. The van der Waals surface area contributed by atoms with Crippen molar-refractivity contribution in [3.63, 3.8) is 0 Å². The van der Waals surface area contributed by atoms with Crippen molar-refractivity contribution in [2.75, 3.05) is 23.7 Å². The number of para-hydroxylation sites is 2. The van der Waals surface area contributed by atoms with Crippen molar-refractivity contribution in [1.82, 2.24) is 15.0 Å². The van der Waals surface area contributed by atoms with Crippen LogP contribution < -0.4 is 10.6 Å². The number of hydrogen-bond acceptors (Lipinski definition) is 9. The van der Waals surface area contributed by atoms with E-state index in [2.05, 4.69) is 19.9 Å². The highest BCUT2D eigenvalue weighted by Crippen LogP contribution is 2.37. The van der Waals surface area contributed by atoms with Crippen molar-refractivity contribution < 1.29 is 13.9 Å². The molecule has 2 aliphatic rings. The molecular weight excluding hydrogens is 438 g/mol. The van der Waals surface area contributed by atoms with Crippen LogP contribution >= 0.6 is 11.3 Å². The van der Waals surface area contributed by atoms with E-state index in [0.717, 1.165) is 34.2 Å². The highest BCUT2D eigenvalue weighted by Gasteiger charge is 2.29. The molecule has 0 saturated carbocycles. The minimum Gasteiger partial charge on any atom is -0.457 e. The smallest absolute Gasteiger partial charge is 0.309 e. The van der Waals surface area contributed by atoms with E-state index >= 15 is 0 Å². The van der Waals surface area contributed by atoms with E-state index < -0.39 is 0 Å². The molecule has 6 rings (SSSR count). The van der Waals surface area contributed by atoms with Crippen LogP contribution in [-0.2, 0) is 29.0 Å². The Bertz CT molecular complexity index is 1310. The third-order valence-corrected chi connectivity index (χ3v) is 7.80. The number of nitrogen functional groups attached to an aromatic ring is 1.